The average Bonchev–Trinajstić information content (AvgIpc) is 2.40. The zero-order chi connectivity index (χ0) is 13.2. The largest absolute Gasteiger partial charge is 0.356 e. The standard InChI is InChI=1S/C13H20FN3S.HI/c1-3-8-16-13(15-2)17-9-10-18-12-6-4-11(14)5-7-12;/h4-7H,3,8-10H2,1-2H3,(H2,15,16,17);1H. The van der Waals surface area contributed by atoms with Gasteiger partial charge < -0.3 is 10.6 Å². The smallest absolute Gasteiger partial charge is 0.191 e. The number of thioether (sulfide) groups is 1. The number of nitrogens with zero attached hydrogens (tertiary/aromatic N) is 1. The Morgan fingerprint density at radius 1 is 1.21 bits per heavy atom. The van der Waals surface area contributed by atoms with Crippen LogP contribution in [0, 0.1) is 5.82 Å². The maximum Gasteiger partial charge on any atom is 0.191 e. The predicted octanol–water partition coefficient (Wildman–Crippen LogP) is 3.11. The molecule has 0 aliphatic rings. The summed E-state index contributed by atoms with van der Waals surface area (Å²) in [7, 11) is 1.76. The zero-order valence-electron chi connectivity index (χ0n) is 11.3. The molecule has 19 heavy (non-hydrogen) atoms. The van der Waals surface area contributed by atoms with Crippen molar-refractivity contribution in [2.45, 2.75) is 18.2 Å². The van der Waals surface area contributed by atoms with Crippen LogP contribution in [-0.2, 0) is 0 Å². The first-order chi connectivity index (χ1) is 8.76. The van der Waals surface area contributed by atoms with E-state index in [0.29, 0.717) is 0 Å². The third-order valence-corrected chi connectivity index (χ3v) is 3.26. The topological polar surface area (TPSA) is 36.4 Å². The highest BCUT2D eigenvalue weighted by Gasteiger charge is 1.97. The molecule has 0 bridgehead atoms. The maximum atomic E-state index is 12.7. The molecule has 0 unspecified atom stereocenters. The first kappa shape index (κ1) is 18.5. The Balaban J connectivity index is 0.00000324. The summed E-state index contributed by atoms with van der Waals surface area (Å²) in [5.41, 5.74) is 0. The minimum Gasteiger partial charge on any atom is -0.356 e. The van der Waals surface area contributed by atoms with Gasteiger partial charge in [-0.2, -0.15) is 0 Å². The van der Waals surface area contributed by atoms with E-state index in [1.165, 1.54) is 12.1 Å². The fourth-order valence-electron chi connectivity index (χ4n) is 1.33. The van der Waals surface area contributed by atoms with Crippen LogP contribution >= 0.6 is 35.7 Å². The molecule has 1 aromatic carbocycles. The van der Waals surface area contributed by atoms with Gasteiger partial charge in [-0.3, -0.25) is 4.99 Å². The van der Waals surface area contributed by atoms with Crippen LogP contribution in [0.25, 0.3) is 0 Å². The summed E-state index contributed by atoms with van der Waals surface area (Å²) in [5, 5.41) is 6.44. The van der Waals surface area contributed by atoms with E-state index >= 15 is 0 Å². The van der Waals surface area contributed by atoms with Gasteiger partial charge in [0.05, 0.1) is 0 Å². The van der Waals surface area contributed by atoms with Gasteiger partial charge >= 0.3 is 0 Å². The molecule has 3 nitrogen and oxygen atoms in total. The third-order valence-electron chi connectivity index (χ3n) is 2.24. The highest BCUT2D eigenvalue weighted by Crippen LogP contribution is 2.16. The molecular weight excluding hydrogens is 376 g/mol. The Bertz CT molecular complexity index is 371. The average molecular weight is 397 g/mol. The summed E-state index contributed by atoms with van der Waals surface area (Å²) in [6, 6.07) is 6.56. The van der Waals surface area contributed by atoms with Gasteiger partial charge in [-0.1, -0.05) is 6.92 Å². The zero-order valence-corrected chi connectivity index (χ0v) is 14.4. The van der Waals surface area contributed by atoms with Crippen molar-refractivity contribution in [1.82, 2.24) is 10.6 Å². The molecular formula is C13H21FIN3S. The summed E-state index contributed by atoms with van der Waals surface area (Å²) >= 11 is 1.69. The van der Waals surface area contributed by atoms with Gasteiger partial charge in [0.2, 0.25) is 0 Å². The number of hydrogen-bond acceptors (Lipinski definition) is 2. The van der Waals surface area contributed by atoms with Crippen molar-refractivity contribution in [3.63, 3.8) is 0 Å². The van der Waals surface area contributed by atoms with E-state index in [-0.39, 0.29) is 29.8 Å². The van der Waals surface area contributed by atoms with Crippen molar-refractivity contribution in [1.29, 1.82) is 0 Å². The lowest BCUT2D eigenvalue weighted by Crippen LogP contribution is -2.38. The van der Waals surface area contributed by atoms with Crippen LogP contribution in [0.2, 0.25) is 0 Å². The van der Waals surface area contributed by atoms with E-state index in [0.717, 1.165) is 36.1 Å². The number of rotatable bonds is 6. The van der Waals surface area contributed by atoms with Crippen molar-refractivity contribution in [2.75, 3.05) is 25.9 Å². The van der Waals surface area contributed by atoms with Gasteiger partial charge in [-0.15, -0.1) is 35.7 Å². The predicted molar refractivity (Wildman–Crippen MR) is 92.2 cm³/mol. The first-order valence-electron chi connectivity index (χ1n) is 6.09. The lowest BCUT2D eigenvalue weighted by Gasteiger charge is -2.10. The van der Waals surface area contributed by atoms with Crippen molar-refractivity contribution in [3.8, 4) is 0 Å². The second kappa shape index (κ2) is 11.3. The second-order valence-electron chi connectivity index (χ2n) is 3.73. The van der Waals surface area contributed by atoms with Crippen LogP contribution in [0.4, 0.5) is 4.39 Å². The number of hydrogen-bond donors (Lipinski definition) is 2. The van der Waals surface area contributed by atoms with Gasteiger partial charge in [0.15, 0.2) is 5.96 Å². The lowest BCUT2D eigenvalue weighted by atomic mass is 10.4. The Kier molecular flexibility index (Phi) is 11.0. The fourth-order valence-corrected chi connectivity index (χ4v) is 2.10. The second-order valence-corrected chi connectivity index (χ2v) is 4.90. The van der Waals surface area contributed by atoms with Crippen LogP contribution in [-0.4, -0.2) is 31.8 Å². The summed E-state index contributed by atoms with van der Waals surface area (Å²) in [5.74, 6) is 1.55. The molecule has 0 aromatic heterocycles. The van der Waals surface area contributed by atoms with Crippen molar-refractivity contribution in [3.05, 3.63) is 30.1 Å². The number of halogens is 2. The molecule has 0 heterocycles. The molecule has 0 saturated heterocycles. The van der Waals surface area contributed by atoms with Gasteiger partial charge in [-0.25, -0.2) is 4.39 Å². The molecule has 0 aliphatic carbocycles. The molecule has 0 atom stereocenters. The molecule has 108 valence electrons. The van der Waals surface area contributed by atoms with E-state index in [4.69, 9.17) is 0 Å². The summed E-state index contributed by atoms with van der Waals surface area (Å²) in [4.78, 5) is 5.20. The van der Waals surface area contributed by atoms with Crippen molar-refractivity contribution < 1.29 is 4.39 Å². The van der Waals surface area contributed by atoms with Gasteiger partial charge in [0.25, 0.3) is 0 Å². The van der Waals surface area contributed by atoms with Crippen LogP contribution in [0.5, 0.6) is 0 Å². The van der Waals surface area contributed by atoms with Crippen molar-refractivity contribution in [2.24, 2.45) is 4.99 Å². The molecule has 1 aromatic rings. The highest BCUT2D eigenvalue weighted by molar-refractivity contribution is 14.0. The van der Waals surface area contributed by atoms with Crippen LogP contribution < -0.4 is 10.6 Å². The number of aliphatic imine (C=N–C) groups is 1. The maximum absolute atomic E-state index is 12.7. The number of nitrogens with one attached hydrogen (secondary N) is 2. The highest BCUT2D eigenvalue weighted by atomic mass is 127. The normalized spacial score (nSPS) is 10.8. The summed E-state index contributed by atoms with van der Waals surface area (Å²) < 4.78 is 12.7. The minimum atomic E-state index is -0.193. The van der Waals surface area contributed by atoms with Gasteiger partial charge in [0.1, 0.15) is 5.82 Å². The SMILES string of the molecule is CCCNC(=NC)NCCSc1ccc(F)cc1.I. The molecule has 0 fully saturated rings. The van der Waals surface area contributed by atoms with E-state index < -0.39 is 0 Å². The van der Waals surface area contributed by atoms with Crippen LogP contribution in [0.15, 0.2) is 34.2 Å². The monoisotopic (exact) mass is 397 g/mol. The van der Waals surface area contributed by atoms with E-state index in [1.54, 1.807) is 30.9 Å². The van der Waals surface area contributed by atoms with Crippen LogP contribution in [0.1, 0.15) is 13.3 Å². The van der Waals surface area contributed by atoms with E-state index in [2.05, 4.69) is 22.5 Å². The van der Waals surface area contributed by atoms with Gasteiger partial charge in [0, 0.05) is 30.8 Å². The molecule has 0 spiro atoms. The number of benzene rings is 1. The lowest BCUT2D eigenvalue weighted by molar-refractivity contribution is 0.626. The van der Waals surface area contributed by atoms with Crippen LogP contribution in [0.3, 0.4) is 0 Å². The minimum absolute atomic E-state index is 0. The van der Waals surface area contributed by atoms with Gasteiger partial charge in [-0.05, 0) is 30.7 Å². The molecule has 6 heteroatoms. The molecule has 2 N–H and O–H groups in total. The molecule has 0 aliphatic heterocycles. The fraction of sp³-hybridized carbons (Fsp3) is 0.462. The quantitative estimate of drug-likeness (QED) is 0.255. The third kappa shape index (κ3) is 8.30. The van der Waals surface area contributed by atoms with Crippen molar-refractivity contribution >= 4 is 41.7 Å². The van der Waals surface area contributed by atoms with E-state index in [1.807, 2.05) is 0 Å². The Morgan fingerprint density at radius 2 is 1.84 bits per heavy atom. The Hall–Kier alpha value is -0.500. The Morgan fingerprint density at radius 3 is 2.42 bits per heavy atom. The summed E-state index contributed by atoms with van der Waals surface area (Å²) in [6.45, 7) is 3.86. The molecule has 0 radical (unpaired) electrons. The summed E-state index contributed by atoms with van der Waals surface area (Å²) in [6.07, 6.45) is 1.07. The number of guanidine groups is 1. The van der Waals surface area contributed by atoms with E-state index in [9.17, 15) is 4.39 Å². The molecule has 0 saturated carbocycles. The first-order valence-corrected chi connectivity index (χ1v) is 7.07. The molecule has 0 amide bonds. The molecule has 1 rings (SSSR count). The Labute approximate surface area is 135 Å².